The lowest BCUT2D eigenvalue weighted by Gasteiger charge is -2.05. The van der Waals surface area contributed by atoms with Crippen molar-refractivity contribution in [3.8, 4) is 0 Å². The van der Waals surface area contributed by atoms with E-state index in [1.807, 2.05) is 6.07 Å². The van der Waals surface area contributed by atoms with Gasteiger partial charge in [-0.1, -0.05) is 19.4 Å². The minimum absolute atomic E-state index is 0.144. The summed E-state index contributed by atoms with van der Waals surface area (Å²) in [6.45, 7) is 2.31. The first-order valence-corrected chi connectivity index (χ1v) is 5.80. The van der Waals surface area contributed by atoms with Gasteiger partial charge in [0.05, 0.1) is 6.61 Å². The highest BCUT2D eigenvalue weighted by molar-refractivity contribution is 7.98. The minimum atomic E-state index is 0.144. The summed E-state index contributed by atoms with van der Waals surface area (Å²) in [5, 5.41) is 9.04. The van der Waals surface area contributed by atoms with E-state index in [-0.39, 0.29) is 6.61 Å². The highest BCUT2D eigenvalue weighted by Gasteiger charge is 1.98. The third kappa shape index (κ3) is 3.05. The molecule has 0 fully saturated rings. The van der Waals surface area contributed by atoms with Crippen LogP contribution in [-0.2, 0) is 13.0 Å². The molecule has 0 unspecified atom stereocenters. The molecule has 0 aliphatic rings. The lowest BCUT2D eigenvalue weighted by molar-refractivity contribution is 0.281. The molecule has 2 heteroatoms. The summed E-state index contributed by atoms with van der Waals surface area (Å²) in [6.07, 6.45) is 4.32. The van der Waals surface area contributed by atoms with E-state index < -0.39 is 0 Å². The Labute approximate surface area is 84.2 Å². The van der Waals surface area contributed by atoms with Crippen molar-refractivity contribution in [2.24, 2.45) is 0 Å². The minimum Gasteiger partial charge on any atom is -0.392 e. The summed E-state index contributed by atoms with van der Waals surface area (Å²) in [7, 11) is 0. The largest absolute Gasteiger partial charge is 0.392 e. The van der Waals surface area contributed by atoms with Crippen molar-refractivity contribution in [3.05, 3.63) is 29.3 Å². The van der Waals surface area contributed by atoms with E-state index in [9.17, 15) is 0 Å². The highest BCUT2D eigenvalue weighted by atomic mass is 32.2. The Morgan fingerprint density at radius 1 is 1.23 bits per heavy atom. The van der Waals surface area contributed by atoms with Gasteiger partial charge in [-0.25, -0.2) is 0 Å². The smallest absolute Gasteiger partial charge is 0.0682 e. The van der Waals surface area contributed by atoms with Gasteiger partial charge in [0, 0.05) is 4.90 Å². The lowest BCUT2D eigenvalue weighted by atomic mass is 10.1. The van der Waals surface area contributed by atoms with E-state index in [0.29, 0.717) is 0 Å². The number of aliphatic hydroxyl groups excluding tert-OH is 1. The molecule has 1 nitrogen and oxygen atoms in total. The molecule has 0 radical (unpaired) electrons. The van der Waals surface area contributed by atoms with Crippen LogP contribution in [0.15, 0.2) is 23.1 Å². The van der Waals surface area contributed by atoms with Crippen molar-refractivity contribution in [1.29, 1.82) is 0 Å². The van der Waals surface area contributed by atoms with Crippen LogP contribution < -0.4 is 0 Å². The molecule has 1 aromatic rings. The van der Waals surface area contributed by atoms with Gasteiger partial charge in [0.15, 0.2) is 0 Å². The van der Waals surface area contributed by atoms with Crippen molar-refractivity contribution in [3.63, 3.8) is 0 Å². The third-order valence-electron chi connectivity index (χ3n) is 1.98. The fraction of sp³-hybridized carbons (Fsp3) is 0.455. The normalized spacial score (nSPS) is 10.4. The van der Waals surface area contributed by atoms with Crippen LogP contribution in [0.1, 0.15) is 24.5 Å². The monoisotopic (exact) mass is 196 g/mol. The molecule has 0 saturated heterocycles. The van der Waals surface area contributed by atoms with Crippen LogP contribution in [0.3, 0.4) is 0 Å². The molecule has 0 aliphatic heterocycles. The summed E-state index contributed by atoms with van der Waals surface area (Å²) in [5.74, 6) is 0. The Morgan fingerprint density at radius 2 is 1.92 bits per heavy atom. The summed E-state index contributed by atoms with van der Waals surface area (Å²) in [6, 6.07) is 6.33. The molecular formula is C11H16OS. The second-order valence-electron chi connectivity index (χ2n) is 3.10. The predicted octanol–water partition coefficient (Wildman–Crippen LogP) is 2.85. The number of aliphatic hydroxyl groups is 1. The zero-order valence-corrected chi connectivity index (χ0v) is 9.03. The molecule has 0 saturated carbocycles. The van der Waals surface area contributed by atoms with Gasteiger partial charge in [-0.3, -0.25) is 0 Å². The summed E-state index contributed by atoms with van der Waals surface area (Å²) in [4.78, 5) is 1.25. The van der Waals surface area contributed by atoms with Crippen LogP contribution in [0, 0.1) is 0 Å². The molecule has 0 heterocycles. The first-order valence-electron chi connectivity index (χ1n) is 4.57. The fourth-order valence-corrected chi connectivity index (χ4v) is 1.91. The van der Waals surface area contributed by atoms with Crippen molar-refractivity contribution >= 4 is 11.8 Å². The number of hydrogen-bond donors (Lipinski definition) is 1. The first-order chi connectivity index (χ1) is 6.30. The van der Waals surface area contributed by atoms with Crippen LogP contribution in [0.4, 0.5) is 0 Å². The van der Waals surface area contributed by atoms with Crippen LogP contribution >= 0.6 is 11.8 Å². The topological polar surface area (TPSA) is 20.2 Å². The second kappa shape index (κ2) is 5.30. The zero-order valence-electron chi connectivity index (χ0n) is 8.21. The number of hydrogen-bond acceptors (Lipinski definition) is 2. The molecule has 1 rings (SSSR count). The average Bonchev–Trinajstić information content (AvgIpc) is 2.17. The van der Waals surface area contributed by atoms with Crippen molar-refractivity contribution in [2.75, 3.05) is 6.26 Å². The second-order valence-corrected chi connectivity index (χ2v) is 3.98. The van der Waals surface area contributed by atoms with E-state index in [1.54, 1.807) is 11.8 Å². The molecular weight excluding hydrogens is 180 g/mol. The molecule has 1 aromatic carbocycles. The molecule has 0 amide bonds. The Bertz CT molecular complexity index is 249. The van der Waals surface area contributed by atoms with E-state index >= 15 is 0 Å². The van der Waals surface area contributed by atoms with Gasteiger partial charge < -0.3 is 5.11 Å². The quantitative estimate of drug-likeness (QED) is 0.747. The Morgan fingerprint density at radius 3 is 2.46 bits per heavy atom. The van der Waals surface area contributed by atoms with Gasteiger partial charge >= 0.3 is 0 Å². The van der Waals surface area contributed by atoms with Gasteiger partial charge in [-0.2, -0.15) is 0 Å². The maximum absolute atomic E-state index is 9.04. The predicted molar refractivity (Wildman–Crippen MR) is 58.1 cm³/mol. The maximum atomic E-state index is 9.04. The average molecular weight is 196 g/mol. The lowest BCUT2D eigenvalue weighted by Crippen LogP contribution is -1.89. The summed E-state index contributed by atoms with van der Waals surface area (Å²) >= 11 is 1.73. The molecule has 1 N–H and O–H groups in total. The van der Waals surface area contributed by atoms with Crippen LogP contribution in [0.25, 0.3) is 0 Å². The molecule has 0 spiro atoms. The SMILES string of the molecule is CCCc1cc(CO)cc(SC)c1. The maximum Gasteiger partial charge on any atom is 0.0682 e. The third-order valence-corrected chi connectivity index (χ3v) is 2.69. The number of thioether (sulfide) groups is 1. The molecule has 0 aliphatic carbocycles. The Hall–Kier alpha value is -0.470. The van der Waals surface area contributed by atoms with E-state index in [0.717, 1.165) is 18.4 Å². The number of aryl methyl sites for hydroxylation is 1. The summed E-state index contributed by atoms with van der Waals surface area (Å²) in [5.41, 5.74) is 2.36. The molecule has 0 aromatic heterocycles. The van der Waals surface area contributed by atoms with Gasteiger partial charge in [0.1, 0.15) is 0 Å². The van der Waals surface area contributed by atoms with Gasteiger partial charge in [0.2, 0.25) is 0 Å². The van der Waals surface area contributed by atoms with Gasteiger partial charge in [-0.15, -0.1) is 11.8 Å². The fourth-order valence-electron chi connectivity index (χ4n) is 1.37. The van der Waals surface area contributed by atoms with E-state index in [2.05, 4.69) is 25.3 Å². The Kier molecular flexibility index (Phi) is 4.33. The van der Waals surface area contributed by atoms with Crippen molar-refractivity contribution < 1.29 is 5.11 Å². The van der Waals surface area contributed by atoms with Gasteiger partial charge in [-0.05, 0) is 35.9 Å². The standard InChI is InChI=1S/C11H16OS/c1-3-4-9-5-10(8-12)7-11(6-9)13-2/h5-7,12H,3-4,8H2,1-2H3. The van der Waals surface area contributed by atoms with Crippen LogP contribution in [-0.4, -0.2) is 11.4 Å². The van der Waals surface area contributed by atoms with Crippen LogP contribution in [0.5, 0.6) is 0 Å². The molecule has 72 valence electrons. The Balaban J connectivity index is 2.93. The van der Waals surface area contributed by atoms with Crippen molar-refractivity contribution in [2.45, 2.75) is 31.3 Å². The molecule has 0 bridgehead atoms. The zero-order chi connectivity index (χ0) is 9.68. The van der Waals surface area contributed by atoms with Crippen molar-refractivity contribution in [1.82, 2.24) is 0 Å². The first kappa shape index (κ1) is 10.6. The van der Waals surface area contributed by atoms with Gasteiger partial charge in [0.25, 0.3) is 0 Å². The summed E-state index contributed by atoms with van der Waals surface area (Å²) < 4.78 is 0. The highest BCUT2D eigenvalue weighted by Crippen LogP contribution is 2.20. The number of rotatable bonds is 4. The molecule has 0 atom stereocenters. The molecule has 13 heavy (non-hydrogen) atoms. The number of benzene rings is 1. The van der Waals surface area contributed by atoms with Crippen LogP contribution in [0.2, 0.25) is 0 Å². The van der Waals surface area contributed by atoms with E-state index in [4.69, 9.17) is 5.11 Å². The van der Waals surface area contributed by atoms with E-state index in [1.165, 1.54) is 10.5 Å².